The van der Waals surface area contributed by atoms with Gasteiger partial charge in [0.05, 0.1) is 24.8 Å². The first-order valence-corrected chi connectivity index (χ1v) is 10.9. The van der Waals surface area contributed by atoms with E-state index in [1.165, 1.54) is 0 Å². The third-order valence-corrected chi connectivity index (χ3v) is 6.99. The van der Waals surface area contributed by atoms with Gasteiger partial charge < -0.3 is 20.3 Å². The van der Waals surface area contributed by atoms with E-state index in [2.05, 4.69) is 11.0 Å². The molecular formula is C24H28ClN3O3. The van der Waals surface area contributed by atoms with Gasteiger partial charge in [-0.2, -0.15) is 5.26 Å². The van der Waals surface area contributed by atoms with Gasteiger partial charge in [0.1, 0.15) is 22.5 Å². The van der Waals surface area contributed by atoms with Crippen molar-refractivity contribution >= 4 is 11.6 Å². The number of fused-ring (bicyclic) bond motifs is 1. The molecule has 2 aliphatic rings. The molecule has 0 bridgehead atoms. The molecule has 2 aromatic carbocycles. The van der Waals surface area contributed by atoms with E-state index in [4.69, 9.17) is 26.8 Å². The Morgan fingerprint density at radius 3 is 2.48 bits per heavy atom. The number of nitrogens with zero attached hydrogens (tertiary/aromatic N) is 2. The first-order valence-electron chi connectivity index (χ1n) is 10.5. The summed E-state index contributed by atoms with van der Waals surface area (Å²) in [5, 5.41) is 22.4. The predicted octanol–water partition coefficient (Wildman–Crippen LogP) is 3.04. The summed E-state index contributed by atoms with van der Waals surface area (Å²) in [6.07, 6.45) is 0.384. The van der Waals surface area contributed by atoms with Crippen molar-refractivity contribution in [2.24, 2.45) is 5.73 Å². The van der Waals surface area contributed by atoms with E-state index in [1.54, 1.807) is 30.3 Å². The zero-order valence-corrected chi connectivity index (χ0v) is 18.7. The standard InChI is InChI=1S/C24H28ClN3O3/c1-22(2)23(29,9-10-28-11-13-30-14-12-28)24(27,18-4-6-19(25)7-5-18)20-15-17(16-26)3-8-21(20)31-22/h3-8,15,29H,9-14,27H2,1-2H3/t23-,24-/m0/s1. The largest absolute Gasteiger partial charge is 0.484 e. The minimum absolute atomic E-state index is 0.384. The number of nitrogens with two attached hydrogens (primary N) is 1. The zero-order valence-electron chi connectivity index (χ0n) is 17.9. The first kappa shape index (κ1) is 22.1. The molecule has 0 spiro atoms. The molecule has 3 N–H and O–H groups in total. The van der Waals surface area contributed by atoms with Crippen LogP contribution in [0.25, 0.3) is 0 Å². The van der Waals surface area contributed by atoms with Crippen LogP contribution < -0.4 is 10.5 Å². The average Bonchev–Trinajstić information content (AvgIpc) is 2.77. The maximum absolute atomic E-state index is 12.4. The van der Waals surface area contributed by atoms with E-state index in [-0.39, 0.29) is 0 Å². The van der Waals surface area contributed by atoms with Gasteiger partial charge >= 0.3 is 0 Å². The first-order chi connectivity index (χ1) is 14.7. The highest BCUT2D eigenvalue weighted by atomic mass is 35.5. The fraction of sp³-hybridized carbons (Fsp3) is 0.458. The van der Waals surface area contributed by atoms with Crippen LogP contribution in [0.1, 0.15) is 37.0 Å². The third kappa shape index (κ3) is 3.61. The second kappa shape index (κ2) is 8.09. The number of nitriles is 1. The van der Waals surface area contributed by atoms with E-state index in [9.17, 15) is 10.4 Å². The Balaban J connectivity index is 1.87. The van der Waals surface area contributed by atoms with Crippen molar-refractivity contribution in [2.75, 3.05) is 32.8 Å². The highest BCUT2D eigenvalue weighted by Crippen LogP contribution is 2.53. The SMILES string of the molecule is CC1(C)Oc2ccc(C#N)cc2[C@@](N)(c2ccc(Cl)cc2)[C@]1(O)CCN1CCOCC1. The summed E-state index contributed by atoms with van der Waals surface area (Å²) >= 11 is 6.14. The summed E-state index contributed by atoms with van der Waals surface area (Å²) in [5.74, 6) is 0.567. The van der Waals surface area contributed by atoms with Crippen molar-refractivity contribution in [1.29, 1.82) is 5.26 Å². The summed E-state index contributed by atoms with van der Waals surface area (Å²) in [5.41, 5.74) is 5.21. The molecule has 0 aromatic heterocycles. The maximum atomic E-state index is 12.4. The fourth-order valence-electron chi connectivity index (χ4n) is 4.80. The van der Waals surface area contributed by atoms with E-state index >= 15 is 0 Å². The number of halogens is 1. The molecule has 164 valence electrons. The highest BCUT2D eigenvalue weighted by Gasteiger charge is 2.63. The number of rotatable bonds is 4. The molecule has 1 fully saturated rings. The molecule has 6 nitrogen and oxygen atoms in total. The molecule has 2 aromatic rings. The van der Waals surface area contributed by atoms with Crippen molar-refractivity contribution in [3.63, 3.8) is 0 Å². The molecule has 2 atom stereocenters. The number of benzene rings is 2. The summed E-state index contributed by atoms with van der Waals surface area (Å²) < 4.78 is 11.8. The van der Waals surface area contributed by atoms with Gasteiger partial charge in [0.25, 0.3) is 0 Å². The predicted molar refractivity (Wildman–Crippen MR) is 119 cm³/mol. The van der Waals surface area contributed by atoms with Gasteiger partial charge in [0, 0.05) is 30.2 Å². The Bertz CT molecular complexity index is 998. The molecule has 0 radical (unpaired) electrons. The van der Waals surface area contributed by atoms with E-state index in [0.717, 1.165) is 13.1 Å². The average molecular weight is 442 g/mol. The molecule has 2 heterocycles. The Labute approximate surface area is 188 Å². The second-order valence-electron chi connectivity index (χ2n) is 8.81. The summed E-state index contributed by atoms with van der Waals surface area (Å²) in [6.45, 7) is 7.35. The number of aliphatic hydroxyl groups is 1. The van der Waals surface area contributed by atoms with Crippen molar-refractivity contribution < 1.29 is 14.6 Å². The maximum Gasteiger partial charge on any atom is 0.134 e. The number of hydrogen-bond donors (Lipinski definition) is 2. The van der Waals surface area contributed by atoms with Gasteiger partial charge in [0.2, 0.25) is 0 Å². The topological polar surface area (TPSA) is 91.7 Å². The van der Waals surface area contributed by atoms with Gasteiger partial charge in [0.15, 0.2) is 0 Å². The summed E-state index contributed by atoms with van der Waals surface area (Å²) in [7, 11) is 0. The van der Waals surface area contributed by atoms with Crippen LogP contribution in [0.15, 0.2) is 42.5 Å². The van der Waals surface area contributed by atoms with E-state index in [1.807, 2.05) is 26.0 Å². The number of ether oxygens (including phenoxy) is 2. The molecule has 1 saturated heterocycles. The van der Waals surface area contributed by atoms with Crippen LogP contribution in [0.5, 0.6) is 5.75 Å². The molecule has 0 unspecified atom stereocenters. The molecule has 0 aliphatic carbocycles. The van der Waals surface area contributed by atoms with Gasteiger partial charge in [-0.15, -0.1) is 0 Å². The van der Waals surface area contributed by atoms with Crippen molar-refractivity contribution in [1.82, 2.24) is 4.90 Å². The Hall–Kier alpha value is -2.14. The molecule has 0 amide bonds. The van der Waals surface area contributed by atoms with Crippen LogP contribution >= 0.6 is 11.6 Å². The zero-order chi connectivity index (χ0) is 22.3. The fourth-order valence-corrected chi connectivity index (χ4v) is 4.93. The third-order valence-electron chi connectivity index (χ3n) is 6.74. The van der Waals surface area contributed by atoms with Crippen LogP contribution in [-0.4, -0.2) is 54.1 Å². The van der Waals surface area contributed by atoms with Crippen LogP contribution in [0.4, 0.5) is 0 Å². The number of hydrogen-bond acceptors (Lipinski definition) is 6. The molecule has 0 saturated carbocycles. The minimum Gasteiger partial charge on any atom is -0.484 e. The lowest BCUT2D eigenvalue weighted by Crippen LogP contribution is -2.73. The van der Waals surface area contributed by atoms with Gasteiger partial charge in [-0.05, 0) is 56.2 Å². The quantitative estimate of drug-likeness (QED) is 0.757. The summed E-state index contributed by atoms with van der Waals surface area (Å²) in [4.78, 5) is 2.26. The highest BCUT2D eigenvalue weighted by molar-refractivity contribution is 6.30. The lowest BCUT2D eigenvalue weighted by Gasteiger charge is -2.57. The van der Waals surface area contributed by atoms with Gasteiger partial charge in [-0.25, -0.2) is 0 Å². The Morgan fingerprint density at radius 2 is 1.84 bits per heavy atom. The lowest BCUT2D eigenvalue weighted by molar-refractivity contribution is -0.174. The minimum atomic E-state index is -1.47. The molecular weight excluding hydrogens is 414 g/mol. The van der Waals surface area contributed by atoms with Crippen molar-refractivity contribution in [3.05, 3.63) is 64.2 Å². The molecule has 31 heavy (non-hydrogen) atoms. The van der Waals surface area contributed by atoms with Gasteiger partial charge in [-0.1, -0.05) is 23.7 Å². The molecule has 2 aliphatic heterocycles. The van der Waals surface area contributed by atoms with Crippen LogP contribution in [0.3, 0.4) is 0 Å². The van der Waals surface area contributed by atoms with Crippen LogP contribution in [0, 0.1) is 11.3 Å². The Morgan fingerprint density at radius 1 is 1.16 bits per heavy atom. The summed E-state index contributed by atoms with van der Waals surface area (Å²) in [6, 6.07) is 14.6. The van der Waals surface area contributed by atoms with E-state index in [0.29, 0.717) is 53.6 Å². The molecule has 4 rings (SSSR count). The molecule has 7 heteroatoms. The lowest BCUT2D eigenvalue weighted by atomic mass is 9.60. The van der Waals surface area contributed by atoms with Crippen molar-refractivity contribution in [3.8, 4) is 11.8 Å². The Kier molecular flexibility index (Phi) is 5.76. The van der Waals surface area contributed by atoms with Crippen LogP contribution in [0.2, 0.25) is 5.02 Å². The second-order valence-corrected chi connectivity index (χ2v) is 9.25. The van der Waals surface area contributed by atoms with Crippen LogP contribution in [-0.2, 0) is 10.3 Å². The normalized spacial score (nSPS) is 27.7. The van der Waals surface area contributed by atoms with E-state index < -0.39 is 16.7 Å². The monoisotopic (exact) mass is 441 g/mol. The number of morpholine rings is 1. The smallest absolute Gasteiger partial charge is 0.134 e. The van der Waals surface area contributed by atoms with Crippen molar-refractivity contribution in [2.45, 2.75) is 37.0 Å². The van der Waals surface area contributed by atoms with Gasteiger partial charge in [-0.3, -0.25) is 4.90 Å².